The zero-order chi connectivity index (χ0) is 5.82. The molecule has 0 spiro atoms. The van der Waals surface area contributed by atoms with Crippen LogP contribution in [0.2, 0.25) is 0 Å². The van der Waals surface area contributed by atoms with E-state index >= 15 is 0 Å². The van der Waals surface area contributed by atoms with Gasteiger partial charge in [0.05, 0.1) is 0 Å². The van der Waals surface area contributed by atoms with Crippen LogP contribution in [0.15, 0.2) is 30.2 Å². The van der Waals surface area contributed by atoms with E-state index in [1.54, 1.807) is 17.4 Å². The first-order valence-corrected chi connectivity index (χ1v) is 3.31. The van der Waals surface area contributed by atoms with Crippen LogP contribution >= 0.6 is 11.3 Å². The highest BCUT2D eigenvalue weighted by atomic mass is 32.1. The summed E-state index contributed by atoms with van der Waals surface area (Å²) in [6.07, 6.45) is 3.79. The summed E-state index contributed by atoms with van der Waals surface area (Å²) in [6.45, 7) is 3.59. The van der Waals surface area contributed by atoms with Crippen LogP contribution in [0.1, 0.15) is 4.88 Å². The largest absolute Gasteiger partial charge is 0.148 e. The van der Waals surface area contributed by atoms with Gasteiger partial charge in [-0.2, -0.15) is 0 Å². The number of thiophene rings is 1. The molecular weight excluding hydrogens is 118 g/mol. The fourth-order valence-corrected chi connectivity index (χ4v) is 1.15. The van der Waals surface area contributed by atoms with Gasteiger partial charge >= 0.3 is 0 Å². The van der Waals surface area contributed by atoms with Crippen LogP contribution in [0.4, 0.5) is 0 Å². The molecule has 1 heteroatoms. The molecule has 1 aromatic heterocycles. The van der Waals surface area contributed by atoms with Gasteiger partial charge in [-0.15, -0.1) is 17.9 Å². The van der Waals surface area contributed by atoms with Gasteiger partial charge in [-0.05, 0) is 11.4 Å². The van der Waals surface area contributed by atoms with Gasteiger partial charge in [-0.25, -0.2) is 0 Å². The fourth-order valence-electron chi connectivity index (χ4n) is 0.502. The van der Waals surface area contributed by atoms with Crippen LogP contribution in [0.3, 0.4) is 0 Å². The van der Waals surface area contributed by atoms with E-state index in [0.29, 0.717) is 0 Å². The van der Waals surface area contributed by atoms with E-state index in [1.165, 1.54) is 4.88 Å². The lowest BCUT2D eigenvalue weighted by atomic mass is 10.6. The maximum absolute atomic E-state index is 3.59. The second-order valence-corrected chi connectivity index (χ2v) is 2.40. The first-order chi connectivity index (χ1) is 3.93. The van der Waals surface area contributed by atoms with E-state index < -0.39 is 0 Å². The second kappa shape index (κ2) is 2.68. The predicted octanol–water partition coefficient (Wildman–Crippen LogP) is 2.49. The first-order valence-electron chi connectivity index (χ1n) is 2.43. The molecule has 0 amide bonds. The van der Waals surface area contributed by atoms with Gasteiger partial charge in [0.2, 0.25) is 0 Å². The zero-order valence-corrected chi connectivity index (χ0v) is 5.32. The third-order valence-electron chi connectivity index (χ3n) is 0.825. The highest BCUT2D eigenvalue weighted by Gasteiger charge is 1.85. The maximum atomic E-state index is 3.59. The first kappa shape index (κ1) is 5.57. The Bertz CT molecular complexity index is 151. The molecule has 1 aromatic rings. The Morgan fingerprint density at radius 1 is 1.62 bits per heavy atom. The maximum Gasteiger partial charge on any atom is 0.0221 e. The van der Waals surface area contributed by atoms with E-state index in [2.05, 4.69) is 18.0 Å². The van der Waals surface area contributed by atoms with E-state index in [0.717, 1.165) is 0 Å². The predicted molar refractivity (Wildman–Crippen MR) is 37.9 cm³/mol. The Hall–Kier alpha value is -0.560. The van der Waals surface area contributed by atoms with E-state index in [-0.39, 0.29) is 0 Å². The lowest BCUT2D eigenvalue weighted by molar-refractivity contribution is 1.70. The molecule has 1 rings (SSSR count). The van der Waals surface area contributed by atoms with Gasteiger partial charge < -0.3 is 0 Å². The van der Waals surface area contributed by atoms with Crippen LogP contribution in [-0.4, -0.2) is 0 Å². The van der Waals surface area contributed by atoms with Gasteiger partial charge in [-0.1, -0.05) is 12.1 Å². The van der Waals surface area contributed by atoms with Crippen LogP contribution in [0.5, 0.6) is 0 Å². The molecule has 8 heavy (non-hydrogen) atoms. The minimum atomic E-state index is 1.26. The Morgan fingerprint density at radius 3 is 3.00 bits per heavy atom. The minimum Gasteiger partial charge on any atom is -0.148 e. The molecule has 1 heterocycles. The molecule has 1 radical (unpaired) electrons. The zero-order valence-electron chi connectivity index (χ0n) is 4.50. The molecular formula is C7H7S. The Balaban J connectivity index is 2.62. The van der Waals surface area contributed by atoms with Crippen molar-refractivity contribution >= 4 is 11.3 Å². The van der Waals surface area contributed by atoms with Crippen molar-refractivity contribution in [3.05, 3.63) is 41.5 Å². The van der Waals surface area contributed by atoms with Gasteiger partial charge in [0.15, 0.2) is 0 Å². The van der Waals surface area contributed by atoms with Crippen molar-refractivity contribution in [2.45, 2.75) is 0 Å². The van der Waals surface area contributed by atoms with E-state index in [9.17, 15) is 0 Å². The fraction of sp³-hybridized carbons (Fsp3) is 0. The van der Waals surface area contributed by atoms with E-state index in [4.69, 9.17) is 0 Å². The third kappa shape index (κ3) is 1.20. The van der Waals surface area contributed by atoms with Gasteiger partial charge in [0.1, 0.15) is 0 Å². The molecule has 0 atom stereocenters. The summed E-state index contributed by atoms with van der Waals surface area (Å²) in [7, 11) is 0. The lowest BCUT2D eigenvalue weighted by Gasteiger charge is -1.80. The van der Waals surface area contributed by atoms with Crippen molar-refractivity contribution in [3.8, 4) is 0 Å². The van der Waals surface area contributed by atoms with Crippen molar-refractivity contribution in [2.75, 3.05) is 0 Å². The van der Waals surface area contributed by atoms with Crippen molar-refractivity contribution < 1.29 is 0 Å². The summed E-state index contributed by atoms with van der Waals surface area (Å²) in [5.74, 6) is 0. The Kier molecular flexibility index (Phi) is 1.86. The summed E-state index contributed by atoms with van der Waals surface area (Å²) in [5.41, 5.74) is 0. The smallest absolute Gasteiger partial charge is 0.0221 e. The standard InChI is InChI=1S/C7H7S/c1-2-4-7-5-3-6-8-7/h2-6H,1H2/i7+2. The molecule has 0 unspecified atom stereocenters. The molecule has 0 aliphatic heterocycles. The van der Waals surface area contributed by atoms with Crippen LogP contribution in [-0.2, 0) is 0 Å². The van der Waals surface area contributed by atoms with E-state index in [1.807, 2.05) is 12.5 Å². The molecule has 0 aromatic carbocycles. The van der Waals surface area contributed by atoms with Crippen molar-refractivity contribution in [1.82, 2.24) is 0 Å². The number of hydrogen-bond donors (Lipinski definition) is 0. The molecule has 0 saturated heterocycles. The normalized spacial score (nSPS) is 9.00. The molecule has 0 saturated carbocycles. The van der Waals surface area contributed by atoms with Crippen LogP contribution in [0, 0.1) is 6.42 Å². The SMILES string of the molecule is C=C[CH][14c]1cccs1. The lowest BCUT2D eigenvalue weighted by Crippen LogP contribution is -1.62. The summed E-state index contributed by atoms with van der Waals surface area (Å²) < 4.78 is 0. The molecule has 41 valence electrons. The monoisotopic (exact) mass is 125 g/mol. The Labute approximate surface area is 53.5 Å². The molecule has 0 aliphatic rings. The number of allylic oxidation sites excluding steroid dienone is 1. The van der Waals surface area contributed by atoms with Crippen LogP contribution in [0.25, 0.3) is 0 Å². The molecule has 0 fully saturated rings. The van der Waals surface area contributed by atoms with Gasteiger partial charge in [-0.3, -0.25) is 0 Å². The summed E-state index contributed by atoms with van der Waals surface area (Å²) >= 11 is 1.72. The third-order valence-corrected chi connectivity index (χ3v) is 1.66. The average molecular weight is 125 g/mol. The summed E-state index contributed by atoms with van der Waals surface area (Å²) in [5, 5.41) is 2.05. The molecule has 0 nitrogen and oxygen atoms in total. The topological polar surface area (TPSA) is 0 Å². The number of rotatable bonds is 2. The molecule has 0 N–H and O–H groups in total. The Morgan fingerprint density at radius 2 is 2.50 bits per heavy atom. The highest BCUT2D eigenvalue weighted by Crippen LogP contribution is 2.10. The quantitative estimate of drug-likeness (QED) is 0.569. The molecule has 0 aliphatic carbocycles. The minimum absolute atomic E-state index is 1.26. The van der Waals surface area contributed by atoms with Crippen molar-refractivity contribution in [2.24, 2.45) is 0 Å². The van der Waals surface area contributed by atoms with Gasteiger partial charge in [0, 0.05) is 11.3 Å². The van der Waals surface area contributed by atoms with Crippen LogP contribution < -0.4 is 0 Å². The highest BCUT2D eigenvalue weighted by molar-refractivity contribution is 7.10. The van der Waals surface area contributed by atoms with Gasteiger partial charge in [0.25, 0.3) is 0 Å². The average Bonchev–Trinajstić information content (AvgIpc) is 2.19. The van der Waals surface area contributed by atoms with Crippen molar-refractivity contribution in [3.63, 3.8) is 0 Å². The summed E-state index contributed by atoms with van der Waals surface area (Å²) in [4.78, 5) is 1.26. The molecule has 0 bridgehead atoms. The summed E-state index contributed by atoms with van der Waals surface area (Å²) in [6, 6.07) is 4.09. The second-order valence-electron chi connectivity index (χ2n) is 1.42. The number of hydrogen-bond acceptors (Lipinski definition) is 1. The van der Waals surface area contributed by atoms with Crippen molar-refractivity contribution in [1.29, 1.82) is 0 Å².